The molecule has 2 aromatic heterocycles. The molecule has 0 saturated heterocycles. The number of hydrogen-bond donors (Lipinski definition) is 1. The highest BCUT2D eigenvalue weighted by atomic mass is 35.5. The average Bonchev–Trinajstić information content (AvgIpc) is 2.52. The first kappa shape index (κ1) is 14.2. The fourth-order valence-corrected chi connectivity index (χ4v) is 2.26. The summed E-state index contributed by atoms with van der Waals surface area (Å²) in [6.45, 7) is 0. The first-order valence-electron chi connectivity index (χ1n) is 6.15. The zero-order valence-corrected chi connectivity index (χ0v) is 11.7. The molecule has 1 N–H and O–H groups in total. The predicted octanol–water partition coefficient (Wildman–Crippen LogP) is 4.18. The molecule has 108 valence electrons. The molecule has 0 unspecified atom stereocenters. The lowest BCUT2D eigenvalue weighted by Crippen LogP contribution is -1.99. The summed E-state index contributed by atoms with van der Waals surface area (Å²) in [5.41, 5.74) is 1.37. The number of halogens is 3. The van der Waals surface area contributed by atoms with Crippen molar-refractivity contribution in [1.82, 2.24) is 9.97 Å². The van der Waals surface area contributed by atoms with Gasteiger partial charge in [0.25, 0.3) is 0 Å². The normalized spacial score (nSPS) is 10.5. The van der Waals surface area contributed by atoms with Crippen molar-refractivity contribution in [3.63, 3.8) is 0 Å². The van der Waals surface area contributed by atoms with Gasteiger partial charge in [-0.3, -0.25) is 4.98 Å². The highest BCUT2D eigenvalue weighted by Gasteiger charge is 2.12. The first-order chi connectivity index (χ1) is 10.6. The molecule has 3 rings (SSSR count). The standard InChI is InChI=1S/C15H7ClF2N4/c16-11-3-1-2-10-13(8(5-19)6-20-14(10)11)22-9-4-12(17)15(18)21-7-9/h1-4,6-7H,(H,20,22). The van der Waals surface area contributed by atoms with Crippen molar-refractivity contribution in [2.45, 2.75) is 0 Å². The third-order valence-electron chi connectivity index (χ3n) is 3.03. The molecule has 2 heterocycles. The Bertz CT molecular complexity index is 921. The molecule has 0 spiro atoms. The molecule has 0 atom stereocenters. The van der Waals surface area contributed by atoms with Gasteiger partial charge in [0.1, 0.15) is 6.07 Å². The second kappa shape index (κ2) is 5.54. The Morgan fingerprint density at radius 2 is 2.00 bits per heavy atom. The molecule has 0 saturated carbocycles. The lowest BCUT2D eigenvalue weighted by atomic mass is 10.1. The molecule has 0 aliphatic heterocycles. The third kappa shape index (κ3) is 2.43. The van der Waals surface area contributed by atoms with Crippen molar-refractivity contribution in [1.29, 1.82) is 5.26 Å². The number of para-hydroxylation sites is 1. The van der Waals surface area contributed by atoms with Crippen molar-refractivity contribution < 1.29 is 8.78 Å². The Morgan fingerprint density at radius 1 is 1.18 bits per heavy atom. The van der Waals surface area contributed by atoms with Crippen LogP contribution >= 0.6 is 11.6 Å². The minimum atomic E-state index is -1.19. The molecule has 0 aliphatic carbocycles. The lowest BCUT2D eigenvalue weighted by molar-refractivity contribution is 0.480. The molecule has 22 heavy (non-hydrogen) atoms. The number of nitriles is 1. The van der Waals surface area contributed by atoms with Gasteiger partial charge in [-0.25, -0.2) is 9.37 Å². The Balaban J connectivity index is 2.18. The maximum atomic E-state index is 13.3. The summed E-state index contributed by atoms with van der Waals surface area (Å²) in [5, 5.41) is 13.1. The molecule has 0 radical (unpaired) electrons. The molecule has 0 amide bonds. The minimum absolute atomic E-state index is 0.211. The van der Waals surface area contributed by atoms with Crippen molar-refractivity contribution in [3.8, 4) is 6.07 Å². The fourth-order valence-electron chi connectivity index (χ4n) is 2.04. The van der Waals surface area contributed by atoms with Gasteiger partial charge >= 0.3 is 0 Å². The molecular weight excluding hydrogens is 310 g/mol. The van der Waals surface area contributed by atoms with E-state index in [1.807, 2.05) is 6.07 Å². The van der Waals surface area contributed by atoms with Crippen LogP contribution in [0.3, 0.4) is 0 Å². The molecule has 4 nitrogen and oxygen atoms in total. The van der Waals surface area contributed by atoms with E-state index >= 15 is 0 Å². The number of nitrogens with zero attached hydrogens (tertiary/aromatic N) is 3. The van der Waals surface area contributed by atoms with E-state index < -0.39 is 11.8 Å². The molecular formula is C15H7ClF2N4. The van der Waals surface area contributed by atoms with Crippen LogP contribution in [0.15, 0.2) is 36.7 Å². The number of rotatable bonds is 2. The zero-order valence-electron chi connectivity index (χ0n) is 10.9. The van der Waals surface area contributed by atoms with Crippen molar-refractivity contribution in [2.24, 2.45) is 0 Å². The highest BCUT2D eigenvalue weighted by molar-refractivity contribution is 6.35. The summed E-state index contributed by atoms with van der Waals surface area (Å²) in [4.78, 5) is 7.44. The van der Waals surface area contributed by atoms with Gasteiger partial charge in [0.2, 0.25) is 5.95 Å². The van der Waals surface area contributed by atoms with Crippen LogP contribution in [0.2, 0.25) is 5.02 Å². The van der Waals surface area contributed by atoms with E-state index in [-0.39, 0.29) is 11.3 Å². The molecule has 0 bridgehead atoms. The molecule has 0 aliphatic rings. The topological polar surface area (TPSA) is 61.6 Å². The predicted molar refractivity (Wildman–Crippen MR) is 78.9 cm³/mol. The number of aromatic nitrogens is 2. The second-order valence-electron chi connectivity index (χ2n) is 4.42. The summed E-state index contributed by atoms with van der Waals surface area (Å²) in [5.74, 6) is -2.27. The maximum Gasteiger partial charge on any atom is 0.249 e. The zero-order chi connectivity index (χ0) is 15.7. The van der Waals surface area contributed by atoms with Crippen LogP contribution in [0, 0.1) is 23.1 Å². The number of hydrogen-bond acceptors (Lipinski definition) is 4. The largest absolute Gasteiger partial charge is 0.352 e. The second-order valence-corrected chi connectivity index (χ2v) is 4.82. The highest BCUT2D eigenvalue weighted by Crippen LogP contribution is 2.32. The van der Waals surface area contributed by atoms with Gasteiger partial charge in [0.15, 0.2) is 5.82 Å². The SMILES string of the molecule is N#Cc1cnc2c(Cl)cccc2c1Nc1cnc(F)c(F)c1. The van der Waals surface area contributed by atoms with Gasteiger partial charge in [0.05, 0.1) is 33.7 Å². The van der Waals surface area contributed by atoms with Crippen molar-refractivity contribution in [3.05, 3.63) is 59.0 Å². The smallest absolute Gasteiger partial charge is 0.249 e. The Labute approximate surface area is 129 Å². The van der Waals surface area contributed by atoms with Gasteiger partial charge < -0.3 is 5.32 Å². The first-order valence-corrected chi connectivity index (χ1v) is 6.53. The molecule has 1 aromatic carbocycles. The van der Waals surface area contributed by atoms with E-state index in [9.17, 15) is 14.0 Å². The average molecular weight is 317 g/mol. The van der Waals surface area contributed by atoms with Gasteiger partial charge in [-0.2, -0.15) is 9.65 Å². The van der Waals surface area contributed by atoms with Crippen LogP contribution in [0.25, 0.3) is 10.9 Å². The van der Waals surface area contributed by atoms with Crippen LogP contribution in [0.1, 0.15) is 5.56 Å². The number of pyridine rings is 2. The molecule has 7 heteroatoms. The van der Waals surface area contributed by atoms with Crippen LogP contribution in [0.5, 0.6) is 0 Å². The van der Waals surface area contributed by atoms with Crippen molar-refractivity contribution in [2.75, 3.05) is 5.32 Å². The summed E-state index contributed by atoms with van der Waals surface area (Å²) < 4.78 is 26.2. The number of benzene rings is 1. The van der Waals surface area contributed by atoms with Gasteiger partial charge in [0, 0.05) is 17.6 Å². The Kier molecular flexibility index (Phi) is 3.57. The maximum absolute atomic E-state index is 13.3. The summed E-state index contributed by atoms with van der Waals surface area (Å²) in [6.07, 6.45) is 2.50. The summed E-state index contributed by atoms with van der Waals surface area (Å²) in [6, 6.07) is 8.07. The quantitative estimate of drug-likeness (QED) is 0.721. The van der Waals surface area contributed by atoms with E-state index in [1.165, 1.54) is 6.20 Å². The minimum Gasteiger partial charge on any atom is -0.352 e. The summed E-state index contributed by atoms with van der Waals surface area (Å²) in [7, 11) is 0. The van der Waals surface area contributed by atoms with Crippen LogP contribution in [-0.4, -0.2) is 9.97 Å². The van der Waals surface area contributed by atoms with Crippen LogP contribution in [-0.2, 0) is 0 Å². The molecule has 3 aromatic rings. The Hall–Kier alpha value is -2.78. The van der Waals surface area contributed by atoms with Gasteiger partial charge in [-0.1, -0.05) is 23.7 Å². The Morgan fingerprint density at radius 3 is 2.73 bits per heavy atom. The van der Waals surface area contributed by atoms with E-state index in [4.69, 9.17) is 11.6 Å². The summed E-state index contributed by atoms with van der Waals surface area (Å²) >= 11 is 6.08. The molecule has 0 fully saturated rings. The number of fused-ring (bicyclic) bond motifs is 1. The van der Waals surface area contributed by atoms with Gasteiger partial charge in [-0.15, -0.1) is 0 Å². The monoisotopic (exact) mass is 316 g/mol. The van der Waals surface area contributed by atoms with Crippen LogP contribution < -0.4 is 5.32 Å². The third-order valence-corrected chi connectivity index (χ3v) is 3.34. The number of nitrogens with one attached hydrogen (secondary N) is 1. The number of anilines is 2. The van der Waals surface area contributed by atoms with Crippen LogP contribution in [0.4, 0.5) is 20.2 Å². The van der Waals surface area contributed by atoms with Gasteiger partial charge in [-0.05, 0) is 6.07 Å². The fraction of sp³-hybridized carbons (Fsp3) is 0. The van der Waals surface area contributed by atoms with Crippen molar-refractivity contribution >= 4 is 33.9 Å². The lowest BCUT2D eigenvalue weighted by Gasteiger charge is -2.11. The van der Waals surface area contributed by atoms with E-state index in [1.54, 1.807) is 18.2 Å². The van der Waals surface area contributed by atoms with E-state index in [0.29, 0.717) is 21.6 Å². The van der Waals surface area contributed by atoms with E-state index in [0.717, 1.165) is 12.3 Å². The van der Waals surface area contributed by atoms with E-state index in [2.05, 4.69) is 15.3 Å².